The van der Waals surface area contributed by atoms with Gasteiger partial charge in [0.2, 0.25) is 11.8 Å². The second kappa shape index (κ2) is 15.5. The third-order valence-electron chi connectivity index (χ3n) is 8.19. The highest BCUT2D eigenvalue weighted by molar-refractivity contribution is 9.10. The van der Waals surface area contributed by atoms with E-state index in [0.717, 1.165) is 64.1 Å². The summed E-state index contributed by atoms with van der Waals surface area (Å²) in [6.45, 7) is -0.532. The van der Waals surface area contributed by atoms with Crippen LogP contribution < -0.4 is 9.62 Å². The molecular formula is C36H37BrFN3O4S. The number of hydrogen-bond acceptors (Lipinski definition) is 4. The number of benzene rings is 4. The number of carbonyl (C=O) groups excluding carboxylic acids is 2. The minimum absolute atomic E-state index is 0.0107. The summed E-state index contributed by atoms with van der Waals surface area (Å²) in [5.74, 6) is -1.38. The summed E-state index contributed by atoms with van der Waals surface area (Å²) in [6.07, 6.45) is 5.16. The Labute approximate surface area is 278 Å². The lowest BCUT2D eigenvalue weighted by Gasteiger charge is -2.35. The lowest BCUT2D eigenvalue weighted by Crippen LogP contribution is -2.55. The van der Waals surface area contributed by atoms with Crippen LogP contribution in [0.5, 0.6) is 0 Å². The Morgan fingerprint density at radius 1 is 0.826 bits per heavy atom. The van der Waals surface area contributed by atoms with Gasteiger partial charge in [0.15, 0.2) is 0 Å². The Balaban J connectivity index is 1.55. The van der Waals surface area contributed by atoms with Gasteiger partial charge in [-0.3, -0.25) is 13.9 Å². The average molecular weight is 707 g/mol. The Morgan fingerprint density at radius 3 is 2.11 bits per heavy atom. The smallest absolute Gasteiger partial charge is 0.264 e. The lowest BCUT2D eigenvalue weighted by molar-refractivity contribution is -0.140. The minimum Gasteiger partial charge on any atom is -0.352 e. The van der Waals surface area contributed by atoms with Crippen LogP contribution in [0.1, 0.15) is 43.2 Å². The first-order valence-corrected chi connectivity index (χ1v) is 17.7. The summed E-state index contributed by atoms with van der Waals surface area (Å²) in [6, 6.07) is 28.8. The van der Waals surface area contributed by atoms with Crippen LogP contribution in [-0.4, -0.2) is 43.8 Å². The number of amides is 2. The lowest BCUT2D eigenvalue weighted by atomic mass is 9.94. The van der Waals surface area contributed by atoms with Gasteiger partial charge < -0.3 is 10.2 Å². The van der Waals surface area contributed by atoms with Crippen molar-refractivity contribution in [2.24, 2.45) is 0 Å². The highest BCUT2D eigenvalue weighted by atomic mass is 79.9. The van der Waals surface area contributed by atoms with Crippen molar-refractivity contribution >= 4 is 43.5 Å². The van der Waals surface area contributed by atoms with Crippen molar-refractivity contribution in [2.75, 3.05) is 10.8 Å². The molecule has 0 radical (unpaired) electrons. The van der Waals surface area contributed by atoms with Gasteiger partial charge in [-0.1, -0.05) is 95.9 Å². The van der Waals surface area contributed by atoms with Crippen LogP contribution in [0.15, 0.2) is 119 Å². The third kappa shape index (κ3) is 8.61. The van der Waals surface area contributed by atoms with Crippen LogP contribution in [0, 0.1) is 5.82 Å². The first kappa shape index (κ1) is 33.3. The van der Waals surface area contributed by atoms with Gasteiger partial charge in [0, 0.05) is 23.5 Å². The quantitative estimate of drug-likeness (QED) is 0.174. The van der Waals surface area contributed by atoms with Gasteiger partial charge in [-0.2, -0.15) is 0 Å². The molecule has 46 heavy (non-hydrogen) atoms. The van der Waals surface area contributed by atoms with Crippen LogP contribution in [0.25, 0.3) is 0 Å². The molecule has 1 saturated carbocycles. The summed E-state index contributed by atoms with van der Waals surface area (Å²) >= 11 is 3.50. The normalized spacial score (nSPS) is 14.3. The molecule has 0 bridgehead atoms. The molecule has 4 aromatic rings. The fraction of sp³-hybridized carbons (Fsp3) is 0.278. The average Bonchev–Trinajstić information content (AvgIpc) is 3.07. The van der Waals surface area contributed by atoms with Gasteiger partial charge in [-0.15, -0.1) is 0 Å². The summed E-state index contributed by atoms with van der Waals surface area (Å²) in [5, 5.41) is 3.20. The van der Waals surface area contributed by atoms with Gasteiger partial charge >= 0.3 is 0 Å². The zero-order valence-corrected chi connectivity index (χ0v) is 27.8. The molecule has 0 spiro atoms. The number of sulfonamides is 1. The number of nitrogens with one attached hydrogen (secondary N) is 1. The minimum atomic E-state index is -4.25. The largest absolute Gasteiger partial charge is 0.352 e. The topological polar surface area (TPSA) is 86.8 Å². The van der Waals surface area contributed by atoms with Crippen LogP contribution >= 0.6 is 15.9 Å². The highest BCUT2D eigenvalue weighted by Gasteiger charge is 2.35. The predicted octanol–water partition coefficient (Wildman–Crippen LogP) is 6.87. The van der Waals surface area contributed by atoms with E-state index in [-0.39, 0.29) is 35.5 Å². The molecule has 1 aliphatic rings. The van der Waals surface area contributed by atoms with Crippen molar-refractivity contribution in [2.45, 2.75) is 62.0 Å². The van der Waals surface area contributed by atoms with Crippen LogP contribution in [0.3, 0.4) is 0 Å². The Kier molecular flexibility index (Phi) is 11.2. The van der Waals surface area contributed by atoms with Crippen molar-refractivity contribution in [1.29, 1.82) is 0 Å². The SMILES string of the molecule is O=C(NC1CCCCC1)[C@H](Cc1ccccc1)N(Cc1cccc(Br)c1)C(=O)CN(c1ccc(F)cc1)S(=O)(=O)c1ccccc1. The summed E-state index contributed by atoms with van der Waals surface area (Å²) in [4.78, 5) is 30.1. The molecule has 1 atom stereocenters. The van der Waals surface area contributed by atoms with E-state index < -0.39 is 34.3 Å². The molecule has 0 unspecified atom stereocenters. The maximum Gasteiger partial charge on any atom is 0.264 e. The molecule has 10 heteroatoms. The molecule has 5 rings (SSSR count). The van der Waals surface area contributed by atoms with Gasteiger partial charge in [0.1, 0.15) is 18.4 Å². The zero-order chi connectivity index (χ0) is 32.5. The molecule has 0 aromatic heterocycles. The van der Waals surface area contributed by atoms with E-state index in [1.54, 1.807) is 18.2 Å². The van der Waals surface area contributed by atoms with Crippen LogP contribution in [0.2, 0.25) is 0 Å². The molecule has 1 fully saturated rings. The van der Waals surface area contributed by atoms with E-state index in [1.807, 2.05) is 54.6 Å². The van der Waals surface area contributed by atoms with E-state index in [0.29, 0.717) is 0 Å². The molecule has 1 N–H and O–H groups in total. The number of anilines is 1. The van der Waals surface area contributed by atoms with Crippen LogP contribution in [-0.2, 0) is 32.6 Å². The summed E-state index contributed by atoms with van der Waals surface area (Å²) in [5.41, 5.74) is 1.77. The second-order valence-electron chi connectivity index (χ2n) is 11.5. The molecule has 7 nitrogen and oxygen atoms in total. The monoisotopic (exact) mass is 705 g/mol. The Bertz CT molecular complexity index is 1720. The number of hydrogen-bond donors (Lipinski definition) is 1. The Hall–Kier alpha value is -4.02. The van der Waals surface area contributed by atoms with E-state index >= 15 is 0 Å². The van der Waals surface area contributed by atoms with E-state index in [2.05, 4.69) is 21.2 Å². The third-order valence-corrected chi connectivity index (χ3v) is 10.5. The molecule has 0 saturated heterocycles. The van der Waals surface area contributed by atoms with Gasteiger partial charge in [0.25, 0.3) is 10.0 Å². The number of rotatable bonds is 12. The maximum absolute atomic E-state index is 14.5. The summed E-state index contributed by atoms with van der Waals surface area (Å²) in [7, 11) is -4.25. The van der Waals surface area contributed by atoms with E-state index in [9.17, 15) is 22.4 Å². The van der Waals surface area contributed by atoms with Crippen molar-refractivity contribution in [3.05, 3.63) is 131 Å². The van der Waals surface area contributed by atoms with Crippen molar-refractivity contribution in [3.63, 3.8) is 0 Å². The van der Waals surface area contributed by atoms with Gasteiger partial charge in [-0.05, 0) is 72.5 Å². The fourth-order valence-corrected chi connectivity index (χ4v) is 7.67. The zero-order valence-electron chi connectivity index (χ0n) is 25.4. The molecular weight excluding hydrogens is 669 g/mol. The fourth-order valence-electron chi connectivity index (χ4n) is 5.79. The molecule has 1 aliphatic carbocycles. The number of carbonyl (C=O) groups is 2. The number of nitrogens with zero attached hydrogens (tertiary/aromatic N) is 2. The molecule has 2 amide bonds. The Morgan fingerprint density at radius 2 is 1.46 bits per heavy atom. The molecule has 240 valence electrons. The molecule has 0 heterocycles. The van der Waals surface area contributed by atoms with E-state index in [4.69, 9.17) is 0 Å². The maximum atomic E-state index is 14.5. The molecule has 4 aromatic carbocycles. The van der Waals surface area contributed by atoms with Gasteiger partial charge in [0.05, 0.1) is 10.6 Å². The predicted molar refractivity (Wildman–Crippen MR) is 181 cm³/mol. The van der Waals surface area contributed by atoms with Gasteiger partial charge in [-0.25, -0.2) is 12.8 Å². The first-order chi connectivity index (χ1) is 22.2. The summed E-state index contributed by atoms with van der Waals surface area (Å²) < 4.78 is 43.8. The molecule has 0 aliphatic heterocycles. The van der Waals surface area contributed by atoms with Crippen LogP contribution in [0.4, 0.5) is 10.1 Å². The standard InChI is InChI=1S/C36H37BrFN3O4S/c37-29-14-10-13-28(23-29)25-40(34(24-27-11-4-1-5-12-27)36(43)39-31-15-6-2-7-16-31)35(42)26-41(32-21-19-30(38)20-22-32)46(44,45)33-17-8-3-9-18-33/h1,3-5,8-14,17-23,31,34H,2,6-7,15-16,24-26H2,(H,39,43)/t34-/m0/s1. The van der Waals surface area contributed by atoms with Crippen molar-refractivity contribution in [1.82, 2.24) is 10.2 Å². The highest BCUT2D eigenvalue weighted by Crippen LogP contribution is 2.26. The number of halogens is 2. The van der Waals surface area contributed by atoms with Crippen molar-refractivity contribution < 1.29 is 22.4 Å². The van der Waals surface area contributed by atoms with E-state index in [1.165, 1.54) is 29.2 Å². The van der Waals surface area contributed by atoms with Crippen molar-refractivity contribution in [3.8, 4) is 0 Å². The first-order valence-electron chi connectivity index (χ1n) is 15.4. The second-order valence-corrected chi connectivity index (χ2v) is 14.3.